The van der Waals surface area contributed by atoms with Crippen molar-refractivity contribution >= 4 is 11.3 Å². The maximum atomic E-state index is 6.34. The van der Waals surface area contributed by atoms with Crippen molar-refractivity contribution in [3.63, 3.8) is 0 Å². The molecule has 3 heteroatoms. The first-order chi connectivity index (χ1) is 8.13. The molecule has 0 aliphatic heterocycles. The van der Waals surface area contributed by atoms with E-state index >= 15 is 0 Å². The zero-order chi connectivity index (χ0) is 12.4. The molecule has 2 nitrogen and oxygen atoms in total. The molecule has 0 fully saturated rings. The Morgan fingerprint density at radius 3 is 2.53 bits per heavy atom. The Morgan fingerprint density at radius 2 is 1.94 bits per heavy atom. The van der Waals surface area contributed by atoms with Gasteiger partial charge in [-0.1, -0.05) is 18.2 Å². The van der Waals surface area contributed by atoms with Crippen LogP contribution in [0.1, 0.15) is 26.9 Å². The molecule has 0 radical (unpaired) electrons. The van der Waals surface area contributed by atoms with Gasteiger partial charge < -0.3 is 10.5 Å². The smallest absolute Gasteiger partial charge is 0.124 e. The van der Waals surface area contributed by atoms with Crippen LogP contribution in [0.5, 0.6) is 5.75 Å². The van der Waals surface area contributed by atoms with Crippen LogP contribution in [0.4, 0.5) is 0 Å². The molecule has 0 spiro atoms. The summed E-state index contributed by atoms with van der Waals surface area (Å²) in [5, 5.41) is 0. The van der Waals surface area contributed by atoms with Crippen LogP contribution >= 0.6 is 11.3 Å². The maximum absolute atomic E-state index is 6.34. The second-order valence-corrected chi connectivity index (χ2v) is 5.41. The second-order valence-electron chi connectivity index (χ2n) is 4.12. The number of hydrogen-bond donors (Lipinski definition) is 1. The van der Waals surface area contributed by atoms with Crippen molar-refractivity contribution in [2.45, 2.75) is 19.9 Å². The number of rotatable bonds is 3. The van der Waals surface area contributed by atoms with Crippen LogP contribution in [0.25, 0.3) is 0 Å². The van der Waals surface area contributed by atoms with Gasteiger partial charge in [0.25, 0.3) is 0 Å². The van der Waals surface area contributed by atoms with Crippen molar-refractivity contribution in [2.75, 3.05) is 7.11 Å². The fourth-order valence-corrected chi connectivity index (χ4v) is 3.09. The van der Waals surface area contributed by atoms with Gasteiger partial charge in [-0.3, -0.25) is 0 Å². The number of methoxy groups -OCH3 is 1. The minimum Gasteiger partial charge on any atom is -0.496 e. The Hall–Kier alpha value is -1.32. The summed E-state index contributed by atoms with van der Waals surface area (Å²) in [6.45, 7) is 4.21. The van der Waals surface area contributed by atoms with Crippen LogP contribution in [0, 0.1) is 13.8 Å². The maximum Gasteiger partial charge on any atom is 0.124 e. The van der Waals surface area contributed by atoms with Crippen LogP contribution in [-0.2, 0) is 0 Å². The van der Waals surface area contributed by atoms with Gasteiger partial charge in [-0.05, 0) is 31.5 Å². The molecular weight excluding hydrogens is 230 g/mol. The molecule has 0 saturated carbocycles. The molecule has 1 aromatic heterocycles. The molecule has 0 amide bonds. The minimum atomic E-state index is -0.107. The molecule has 0 saturated heterocycles. The van der Waals surface area contributed by atoms with Gasteiger partial charge >= 0.3 is 0 Å². The van der Waals surface area contributed by atoms with Gasteiger partial charge in [0.2, 0.25) is 0 Å². The topological polar surface area (TPSA) is 35.2 Å². The Morgan fingerprint density at radius 1 is 1.24 bits per heavy atom. The van der Waals surface area contributed by atoms with E-state index in [2.05, 4.69) is 19.9 Å². The zero-order valence-electron chi connectivity index (χ0n) is 10.4. The lowest BCUT2D eigenvalue weighted by atomic mass is 10.0. The fraction of sp³-hybridized carbons (Fsp3) is 0.286. The highest BCUT2D eigenvalue weighted by molar-refractivity contribution is 7.12. The molecule has 2 rings (SSSR count). The monoisotopic (exact) mass is 247 g/mol. The number of ether oxygens (including phenoxy) is 1. The molecule has 17 heavy (non-hydrogen) atoms. The van der Waals surface area contributed by atoms with Crippen molar-refractivity contribution in [1.82, 2.24) is 0 Å². The third-order valence-corrected chi connectivity index (χ3v) is 4.07. The molecule has 1 unspecified atom stereocenters. The molecule has 0 aliphatic rings. The lowest BCUT2D eigenvalue weighted by Gasteiger charge is -2.15. The molecule has 1 aromatic carbocycles. The van der Waals surface area contributed by atoms with Crippen LogP contribution in [0.3, 0.4) is 0 Å². The third kappa shape index (κ3) is 2.35. The highest BCUT2D eigenvalue weighted by Crippen LogP contribution is 2.34. The quantitative estimate of drug-likeness (QED) is 0.902. The molecule has 0 aliphatic carbocycles. The van der Waals surface area contributed by atoms with Crippen molar-refractivity contribution in [2.24, 2.45) is 5.73 Å². The Kier molecular flexibility index (Phi) is 3.50. The SMILES string of the molecule is COc1ccccc1C(N)c1sc(C)cc1C. The Bertz CT molecular complexity index is 519. The average Bonchev–Trinajstić information content (AvgIpc) is 2.67. The summed E-state index contributed by atoms with van der Waals surface area (Å²) in [4.78, 5) is 2.51. The predicted octanol–water partition coefficient (Wildman–Crippen LogP) is 3.42. The fourth-order valence-electron chi connectivity index (χ4n) is 2.03. The predicted molar refractivity (Wildman–Crippen MR) is 72.8 cm³/mol. The first-order valence-electron chi connectivity index (χ1n) is 5.59. The minimum absolute atomic E-state index is 0.107. The molecule has 0 bridgehead atoms. The normalized spacial score (nSPS) is 12.5. The lowest BCUT2D eigenvalue weighted by molar-refractivity contribution is 0.408. The summed E-state index contributed by atoms with van der Waals surface area (Å²) in [6, 6.07) is 10.00. The molecule has 1 heterocycles. The largest absolute Gasteiger partial charge is 0.496 e. The van der Waals surface area contributed by atoms with Crippen molar-refractivity contribution < 1.29 is 4.74 Å². The van der Waals surface area contributed by atoms with Crippen LogP contribution in [0.15, 0.2) is 30.3 Å². The van der Waals surface area contributed by atoms with Gasteiger partial charge in [0, 0.05) is 15.3 Å². The highest BCUT2D eigenvalue weighted by Gasteiger charge is 2.17. The zero-order valence-corrected chi connectivity index (χ0v) is 11.2. The number of para-hydroxylation sites is 1. The van der Waals surface area contributed by atoms with E-state index in [-0.39, 0.29) is 6.04 Å². The van der Waals surface area contributed by atoms with E-state index in [0.717, 1.165) is 11.3 Å². The number of thiophene rings is 1. The van der Waals surface area contributed by atoms with Crippen molar-refractivity contribution in [3.8, 4) is 5.75 Å². The summed E-state index contributed by atoms with van der Waals surface area (Å²) in [5.74, 6) is 0.852. The highest BCUT2D eigenvalue weighted by atomic mass is 32.1. The Balaban J connectivity index is 2.43. The van der Waals surface area contributed by atoms with Crippen LogP contribution in [-0.4, -0.2) is 7.11 Å². The number of aryl methyl sites for hydroxylation is 2. The Labute approximate surface area is 106 Å². The number of benzene rings is 1. The summed E-state index contributed by atoms with van der Waals surface area (Å²) in [7, 11) is 1.68. The van der Waals surface area contributed by atoms with Gasteiger partial charge in [0.15, 0.2) is 0 Å². The number of nitrogens with two attached hydrogens (primary N) is 1. The first kappa shape index (κ1) is 12.1. The van der Waals surface area contributed by atoms with E-state index in [4.69, 9.17) is 10.5 Å². The lowest BCUT2D eigenvalue weighted by Crippen LogP contribution is -2.12. The molecule has 1 atom stereocenters. The van der Waals surface area contributed by atoms with E-state index in [1.165, 1.54) is 15.3 Å². The van der Waals surface area contributed by atoms with Gasteiger partial charge in [-0.15, -0.1) is 11.3 Å². The third-order valence-electron chi connectivity index (χ3n) is 2.84. The number of hydrogen-bond acceptors (Lipinski definition) is 3. The van der Waals surface area contributed by atoms with Gasteiger partial charge in [-0.25, -0.2) is 0 Å². The first-order valence-corrected chi connectivity index (χ1v) is 6.40. The van der Waals surface area contributed by atoms with E-state index in [1.807, 2.05) is 24.3 Å². The van der Waals surface area contributed by atoms with Gasteiger partial charge in [-0.2, -0.15) is 0 Å². The van der Waals surface area contributed by atoms with E-state index in [1.54, 1.807) is 18.4 Å². The molecule has 2 N–H and O–H groups in total. The van der Waals surface area contributed by atoms with E-state index in [9.17, 15) is 0 Å². The summed E-state index contributed by atoms with van der Waals surface area (Å²) < 4.78 is 5.36. The second kappa shape index (κ2) is 4.90. The van der Waals surface area contributed by atoms with Gasteiger partial charge in [0.05, 0.1) is 13.2 Å². The average molecular weight is 247 g/mol. The molecule has 90 valence electrons. The standard InChI is InChI=1S/C14H17NOS/c1-9-8-10(2)17-14(9)13(15)11-6-4-5-7-12(11)16-3/h4-8,13H,15H2,1-3H3. The van der Waals surface area contributed by atoms with E-state index < -0.39 is 0 Å². The van der Waals surface area contributed by atoms with Crippen LogP contribution in [0.2, 0.25) is 0 Å². The molecule has 2 aromatic rings. The van der Waals surface area contributed by atoms with Crippen LogP contribution < -0.4 is 10.5 Å². The van der Waals surface area contributed by atoms with E-state index in [0.29, 0.717) is 0 Å². The summed E-state index contributed by atoms with van der Waals surface area (Å²) in [6.07, 6.45) is 0. The summed E-state index contributed by atoms with van der Waals surface area (Å²) in [5.41, 5.74) is 8.63. The van der Waals surface area contributed by atoms with Gasteiger partial charge in [0.1, 0.15) is 5.75 Å². The van der Waals surface area contributed by atoms with Crippen molar-refractivity contribution in [3.05, 3.63) is 51.2 Å². The van der Waals surface area contributed by atoms with Crippen molar-refractivity contribution in [1.29, 1.82) is 0 Å². The molecular formula is C14H17NOS. The summed E-state index contributed by atoms with van der Waals surface area (Å²) >= 11 is 1.76.